The third kappa shape index (κ3) is 5.27. The molecule has 1 aromatic carbocycles. The molecule has 21 heavy (non-hydrogen) atoms. The number of rotatable bonds is 7. The van der Waals surface area contributed by atoms with Crippen molar-refractivity contribution in [1.82, 2.24) is 10.6 Å². The summed E-state index contributed by atoms with van der Waals surface area (Å²) in [5.41, 5.74) is 1.13. The van der Waals surface area contributed by atoms with Crippen LogP contribution in [0.1, 0.15) is 37.6 Å². The topological polar surface area (TPSA) is 70.2 Å². The molecule has 1 atom stereocenters. The second-order valence-electron chi connectivity index (χ2n) is 4.71. The number of carbonyl (C=O) groups is 2. The number of hydrogen-bond donors (Lipinski definition) is 3. The number of anilines is 1. The molecule has 0 saturated carbocycles. The van der Waals surface area contributed by atoms with Crippen LogP contribution in [0.2, 0.25) is 5.02 Å². The second-order valence-corrected chi connectivity index (χ2v) is 5.14. The molecule has 1 unspecified atom stereocenters. The van der Waals surface area contributed by atoms with E-state index in [4.69, 9.17) is 11.6 Å². The first-order valence-electron chi connectivity index (χ1n) is 7.11. The predicted molar refractivity (Wildman–Crippen MR) is 85.8 cm³/mol. The Labute approximate surface area is 130 Å². The van der Waals surface area contributed by atoms with Crippen LogP contribution in [0.25, 0.3) is 0 Å². The van der Waals surface area contributed by atoms with E-state index in [0.29, 0.717) is 29.4 Å². The number of benzene rings is 1. The Balaban J connectivity index is 2.79. The quantitative estimate of drug-likeness (QED) is 0.724. The van der Waals surface area contributed by atoms with Gasteiger partial charge in [-0.15, -0.1) is 0 Å². The van der Waals surface area contributed by atoms with Gasteiger partial charge in [0, 0.05) is 23.8 Å². The molecule has 0 aromatic heterocycles. The van der Waals surface area contributed by atoms with Gasteiger partial charge in [-0.2, -0.15) is 0 Å². The van der Waals surface area contributed by atoms with Gasteiger partial charge in [0.15, 0.2) is 0 Å². The Morgan fingerprint density at radius 3 is 2.62 bits per heavy atom. The molecule has 0 heterocycles. The zero-order valence-corrected chi connectivity index (χ0v) is 13.4. The van der Waals surface area contributed by atoms with E-state index in [1.54, 1.807) is 25.1 Å². The molecule has 3 N–H and O–H groups in total. The largest absolute Gasteiger partial charge is 0.385 e. The second kappa shape index (κ2) is 8.52. The van der Waals surface area contributed by atoms with Crippen molar-refractivity contribution in [2.24, 2.45) is 0 Å². The Morgan fingerprint density at radius 1 is 1.29 bits per heavy atom. The molecule has 0 fully saturated rings. The van der Waals surface area contributed by atoms with E-state index < -0.39 is 6.04 Å². The van der Waals surface area contributed by atoms with E-state index in [-0.39, 0.29) is 11.8 Å². The van der Waals surface area contributed by atoms with Gasteiger partial charge in [-0.05, 0) is 38.5 Å². The van der Waals surface area contributed by atoms with Gasteiger partial charge in [0.05, 0.1) is 5.56 Å². The monoisotopic (exact) mass is 311 g/mol. The van der Waals surface area contributed by atoms with Gasteiger partial charge >= 0.3 is 0 Å². The third-order valence-corrected chi connectivity index (χ3v) is 3.12. The molecule has 0 aliphatic heterocycles. The lowest BCUT2D eigenvalue weighted by atomic mass is 10.1. The maximum Gasteiger partial charge on any atom is 0.254 e. The highest BCUT2D eigenvalue weighted by atomic mass is 35.5. The van der Waals surface area contributed by atoms with Crippen LogP contribution in [0.3, 0.4) is 0 Å². The minimum Gasteiger partial charge on any atom is -0.385 e. The summed E-state index contributed by atoms with van der Waals surface area (Å²) in [7, 11) is 0. The van der Waals surface area contributed by atoms with E-state index in [2.05, 4.69) is 16.0 Å². The molecule has 0 saturated heterocycles. The van der Waals surface area contributed by atoms with Gasteiger partial charge in [0.1, 0.15) is 6.04 Å². The van der Waals surface area contributed by atoms with Gasteiger partial charge in [-0.25, -0.2) is 0 Å². The highest BCUT2D eigenvalue weighted by Crippen LogP contribution is 2.20. The standard InChI is InChI=1S/C15H22ClN3O2/c1-4-8-18-14(20)10(3)19-15(21)12-9-11(16)6-7-13(12)17-5-2/h6-7,9-10,17H,4-5,8H2,1-3H3,(H,18,20)(H,19,21). The zero-order valence-electron chi connectivity index (χ0n) is 12.6. The molecular formula is C15H22ClN3O2. The van der Waals surface area contributed by atoms with Crippen molar-refractivity contribution in [3.05, 3.63) is 28.8 Å². The van der Waals surface area contributed by atoms with Gasteiger partial charge in [-0.3, -0.25) is 9.59 Å². The molecule has 1 aromatic rings. The van der Waals surface area contributed by atoms with E-state index in [1.165, 1.54) is 0 Å². The first kappa shape index (κ1) is 17.3. The Kier molecular flexibility index (Phi) is 7.02. The van der Waals surface area contributed by atoms with E-state index in [0.717, 1.165) is 6.42 Å². The van der Waals surface area contributed by atoms with Crippen molar-refractivity contribution in [1.29, 1.82) is 0 Å². The van der Waals surface area contributed by atoms with Gasteiger partial charge in [0.25, 0.3) is 5.91 Å². The fourth-order valence-corrected chi connectivity index (χ4v) is 1.96. The van der Waals surface area contributed by atoms with Crippen molar-refractivity contribution in [2.45, 2.75) is 33.2 Å². The minimum atomic E-state index is -0.600. The van der Waals surface area contributed by atoms with Crippen LogP contribution >= 0.6 is 11.6 Å². The molecule has 116 valence electrons. The number of hydrogen-bond acceptors (Lipinski definition) is 3. The smallest absolute Gasteiger partial charge is 0.254 e. The van der Waals surface area contributed by atoms with Crippen LogP contribution in [0.4, 0.5) is 5.69 Å². The Morgan fingerprint density at radius 2 is 2.00 bits per heavy atom. The first-order chi connectivity index (χ1) is 9.99. The highest BCUT2D eigenvalue weighted by Gasteiger charge is 2.18. The lowest BCUT2D eigenvalue weighted by Gasteiger charge is -2.16. The normalized spacial score (nSPS) is 11.6. The summed E-state index contributed by atoms with van der Waals surface area (Å²) in [6.07, 6.45) is 0.852. The average Bonchev–Trinajstić information content (AvgIpc) is 2.46. The summed E-state index contributed by atoms with van der Waals surface area (Å²) in [5.74, 6) is -0.523. The summed E-state index contributed by atoms with van der Waals surface area (Å²) in [6.45, 7) is 6.85. The van der Waals surface area contributed by atoms with E-state index in [9.17, 15) is 9.59 Å². The molecule has 0 radical (unpaired) electrons. The number of nitrogens with one attached hydrogen (secondary N) is 3. The van der Waals surface area contributed by atoms with Gasteiger partial charge in [-0.1, -0.05) is 18.5 Å². The number of halogens is 1. The summed E-state index contributed by atoms with van der Waals surface area (Å²) < 4.78 is 0. The fourth-order valence-electron chi connectivity index (χ4n) is 1.79. The van der Waals surface area contributed by atoms with Crippen LogP contribution in [0.5, 0.6) is 0 Å². The first-order valence-corrected chi connectivity index (χ1v) is 7.49. The molecule has 2 amide bonds. The van der Waals surface area contributed by atoms with Crippen LogP contribution in [0, 0.1) is 0 Å². The minimum absolute atomic E-state index is 0.197. The molecule has 5 nitrogen and oxygen atoms in total. The summed E-state index contributed by atoms with van der Waals surface area (Å²) in [6, 6.07) is 4.46. The van der Waals surface area contributed by atoms with Gasteiger partial charge in [0.2, 0.25) is 5.91 Å². The number of carbonyl (C=O) groups excluding carboxylic acids is 2. The summed E-state index contributed by atoms with van der Waals surface area (Å²) in [4.78, 5) is 24.1. The van der Waals surface area contributed by atoms with Crippen molar-refractivity contribution >= 4 is 29.1 Å². The van der Waals surface area contributed by atoms with E-state index >= 15 is 0 Å². The molecule has 1 rings (SSSR count). The van der Waals surface area contributed by atoms with Crippen molar-refractivity contribution in [3.8, 4) is 0 Å². The van der Waals surface area contributed by atoms with Crippen LogP contribution in [-0.2, 0) is 4.79 Å². The predicted octanol–water partition coefficient (Wildman–Crippen LogP) is 2.42. The summed E-state index contributed by atoms with van der Waals surface area (Å²) >= 11 is 5.94. The summed E-state index contributed by atoms with van der Waals surface area (Å²) in [5, 5.41) is 9.00. The third-order valence-electron chi connectivity index (χ3n) is 2.88. The lowest BCUT2D eigenvalue weighted by Crippen LogP contribution is -2.45. The van der Waals surface area contributed by atoms with Crippen molar-refractivity contribution in [3.63, 3.8) is 0 Å². The van der Waals surface area contributed by atoms with E-state index in [1.807, 2.05) is 13.8 Å². The maximum atomic E-state index is 12.3. The highest BCUT2D eigenvalue weighted by molar-refractivity contribution is 6.31. The molecule has 0 bridgehead atoms. The average molecular weight is 312 g/mol. The molecule has 0 aliphatic carbocycles. The van der Waals surface area contributed by atoms with Gasteiger partial charge < -0.3 is 16.0 Å². The van der Waals surface area contributed by atoms with Crippen LogP contribution in [-0.4, -0.2) is 30.9 Å². The van der Waals surface area contributed by atoms with Crippen LogP contribution in [0.15, 0.2) is 18.2 Å². The lowest BCUT2D eigenvalue weighted by molar-refractivity contribution is -0.122. The SMILES string of the molecule is CCCNC(=O)C(C)NC(=O)c1cc(Cl)ccc1NCC. The Hall–Kier alpha value is -1.75. The maximum absolute atomic E-state index is 12.3. The van der Waals surface area contributed by atoms with Crippen molar-refractivity contribution < 1.29 is 9.59 Å². The Bertz CT molecular complexity index is 506. The van der Waals surface area contributed by atoms with Crippen LogP contribution < -0.4 is 16.0 Å². The molecule has 6 heteroatoms. The number of amides is 2. The van der Waals surface area contributed by atoms with Crippen molar-refractivity contribution in [2.75, 3.05) is 18.4 Å². The molecule has 0 spiro atoms. The fraction of sp³-hybridized carbons (Fsp3) is 0.467. The molecule has 0 aliphatic rings. The zero-order chi connectivity index (χ0) is 15.8. The molecular weight excluding hydrogens is 290 g/mol.